The molecule has 1 fully saturated rings. The van der Waals surface area contributed by atoms with Gasteiger partial charge in [-0.1, -0.05) is 12.1 Å². The maximum absolute atomic E-state index is 12.7. The van der Waals surface area contributed by atoms with Crippen LogP contribution in [0.15, 0.2) is 57.8 Å². The van der Waals surface area contributed by atoms with Crippen LogP contribution in [0.4, 0.5) is 5.69 Å². The zero-order chi connectivity index (χ0) is 22.7. The van der Waals surface area contributed by atoms with Crippen LogP contribution in [0.25, 0.3) is 11.0 Å². The van der Waals surface area contributed by atoms with Gasteiger partial charge in [-0.3, -0.25) is 4.79 Å². The molecule has 0 saturated carbocycles. The summed E-state index contributed by atoms with van der Waals surface area (Å²) in [6.45, 7) is 0.931. The third-order valence-electron chi connectivity index (χ3n) is 5.30. The van der Waals surface area contributed by atoms with E-state index in [0.717, 1.165) is 29.8 Å². The second kappa shape index (κ2) is 9.33. The zero-order valence-electron chi connectivity index (χ0n) is 18.0. The summed E-state index contributed by atoms with van der Waals surface area (Å²) in [6.07, 6.45) is 3.56. The Labute approximate surface area is 191 Å². The van der Waals surface area contributed by atoms with Crippen LogP contribution in [0.1, 0.15) is 18.7 Å². The van der Waals surface area contributed by atoms with Gasteiger partial charge in [0.2, 0.25) is 5.91 Å². The highest BCUT2D eigenvalue weighted by Gasteiger charge is 2.20. The van der Waals surface area contributed by atoms with Gasteiger partial charge in [-0.2, -0.15) is 20.2 Å². The standard InChI is InChI=1S/C22H25N5O3S2/c1-26-13-5-8-20(26)25-32(29,30)17-11-9-16(10-12-17)23-22(28)14-27-19-7-4-3-6-18(19)24-21(27)15-31-2/h3-4,6-7,9-12H,5,8,13-15H2,1-2H3,(H,23,28)/b25-20-. The van der Waals surface area contributed by atoms with E-state index >= 15 is 0 Å². The van der Waals surface area contributed by atoms with Crippen molar-refractivity contribution in [1.29, 1.82) is 0 Å². The van der Waals surface area contributed by atoms with Gasteiger partial charge < -0.3 is 14.8 Å². The Morgan fingerprint density at radius 1 is 1.19 bits per heavy atom. The number of carbonyl (C=O) groups is 1. The first-order chi connectivity index (χ1) is 15.4. The minimum atomic E-state index is -3.78. The Morgan fingerprint density at radius 2 is 1.94 bits per heavy atom. The van der Waals surface area contributed by atoms with Crippen LogP contribution in [-0.2, 0) is 27.1 Å². The molecule has 1 saturated heterocycles. The number of imidazole rings is 1. The molecule has 8 nitrogen and oxygen atoms in total. The number of hydrogen-bond donors (Lipinski definition) is 1. The predicted octanol–water partition coefficient (Wildman–Crippen LogP) is 3.35. The molecule has 0 aliphatic carbocycles. The number of anilines is 1. The van der Waals surface area contributed by atoms with Gasteiger partial charge in [0.05, 0.1) is 21.7 Å². The van der Waals surface area contributed by atoms with E-state index in [1.807, 2.05) is 47.0 Å². The van der Waals surface area contributed by atoms with E-state index in [2.05, 4.69) is 14.7 Å². The molecular weight excluding hydrogens is 446 g/mol. The first kappa shape index (κ1) is 22.3. The zero-order valence-corrected chi connectivity index (χ0v) is 19.6. The van der Waals surface area contributed by atoms with Crippen LogP contribution < -0.4 is 5.32 Å². The first-order valence-corrected chi connectivity index (χ1v) is 13.1. The van der Waals surface area contributed by atoms with E-state index in [1.54, 1.807) is 23.9 Å². The Kier molecular flexibility index (Phi) is 6.52. The lowest BCUT2D eigenvalue weighted by molar-refractivity contribution is -0.116. The summed E-state index contributed by atoms with van der Waals surface area (Å²) in [5, 5.41) is 2.84. The molecule has 3 aromatic rings. The molecule has 1 amide bonds. The molecule has 1 N–H and O–H groups in total. The number of aromatic nitrogens is 2. The molecular formula is C22H25N5O3S2. The number of para-hydroxylation sites is 2. The molecule has 0 unspecified atom stereocenters. The smallest absolute Gasteiger partial charge is 0.283 e. The minimum Gasteiger partial charge on any atom is -0.362 e. The Bertz CT molecular complexity index is 1270. The fourth-order valence-corrected chi connectivity index (χ4v) is 5.27. The number of nitrogens with one attached hydrogen (secondary N) is 1. The molecule has 10 heteroatoms. The molecule has 32 heavy (non-hydrogen) atoms. The number of amidine groups is 1. The number of fused-ring (bicyclic) bond motifs is 1. The summed E-state index contributed by atoms with van der Waals surface area (Å²) < 4.78 is 31.1. The number of benzene rings is 2. The monoisotopic (exact) mass is 471 g/mol. The van der Waals surface area contributed by atoms with Gasteiger partial charge in [0.25, 0.3) is 10.0 Å². The van der Waals surface area contributed by atoms with Crippen molar-refractivity contribution in [1.82, 2.24) is 14.5 Å². The number of hydrogen-bond acceptors (Lipinski definition) is 5. The summed E-state index contributed by atoms with van der Waals surface area (Å²) in [5.74, 6) is 1.91. The molecule has 0 spiro atoms. The SMILES string of the molecule is CSCc1nc2ccccc2n1CC(=O)Nc1ccc(S(=O)(=O)/N=C2/CCCN2C)cc1. The van der Waals surface area contributed by atoms with Crippen molar-refractivity contribution in [3.05, 3.63) is 54.4 Å². The largest absolute Gasteiger partial charge is 0.362 e. The quantitative estimate of drug-likeness (QED) is 0.568. The lowest BCUT2D eigenvalue weighted by Crippen LogP contribution is -2.20. The molecule has 2 aromatic carbocycles. The number of likely N-dealkylation sites (tertiary alicyclic amines) is 1. The van der Waals surface area contributed by atoms with Crippen molar-refractivity contribution in [2.24, 2.45) is 4.40 Å². The van der Waals surface area contributed by atoms with E-state index in [9.17, 15) is 13.2 Å². The second-order valence-electron chi connectivity index (χ2n) is 7.62. The molecule has 0 atom stereocenters. The highest BCUT2D eigenvalue weighted by Crippen LogP contribution is 2.21. The third kappa shape index (κ3) is 4.81. The summed E-state index contributed by atoms with van der Waals surface area (Å²) in [7, 11) is -1.94. The molecule has 2 heterocycles. The molecule has 0 bridgehead atoms. The van der Waals surface area contributed by atoms with Crippen LogP contribution in [0, 0.1) is 0 Å². The van der Waals surface area contributed by atoms with Gasteiger partial charge >= 0.3 is 0 Å². The fourth-order valence-electron chi connectivity index (χ4n) is 3.70. The lowest BCUT2D eigenvalue weighted by Gasteiger charge is -2.11. The van der Waals surface area contributed by atoms with Crippen LogP contribution in [0.2, 0.25) is 0 Å². The predicted molar refractivity (Wildman–Crippen MR) is 129 cm³/mol. The minimum absolute atomic E-state index is 0.103. The van der Waals surface area contributed by atoms with Crippen LogP contribution in [0.5, 0.6) is 0 Å². The summed E-state index contributed by atoms with van der Waals surface area (Å²) in [4.78, 5) is 19.3. The number of nitrogens with zero attached hydrogens (tertiary/aromatic N) is 4. The van der Waals surface area contributed by atoms with Crippen molar-refractivity contribution in [3.63, 3.8) is 0 Å². The summed E-state index contributed by atoms with van der Waals surface area (Å²) >= 11 is 1.64. The van der Waals surface area contributed by atoms with Gasteiger partial charge in [0.15, 0.2) is 0 Å². The molecule has 1 aromatic heterocycles. The van der Waals surface area contributed by atoms with Crippen molar-refractivity contribution in [2.45, 2.75) is 30.0 Å². The van der Waals surface area contributed by atoms with Gasteiger partial charge in [0, 0.05) is 25.7 Å². The molecule has 1 aliphatic rings. The van der Waals surface area contributed by atoms with Crippen LogP contribution in [0.3, 0.4) is 0 Å². The Morgan fingerprint density at radius 3 is 2.62 bits per heavy atom. The van der Waals surface area contributed by atoms with Gasteiger partial charge in [-0.25, -0.2) is 4.98 Å². The third-order valence-corrected chi connectivity index (χ3v) is 7.17. The number of sulfonamides is 1. The maximum atomic E-state index is 12.7. The van der Waals surface area contributed by atoms with Crippen molar-refractivity contribution in [3.8, 4) is 0 Å². The van der Waals surface area contributed by atoms with E-state index in [0.29, 0.717) is 23.7 Å². The fraction of sp³-hybridized carbons (Fsp3) is 0.318. The lowest BCUT2D eigenvalue weighted by atomic mass is 10.3. The van der Waals surface area contributed by atoms with Crippen molar-refractivity contribution < 1.29 is 13.2 Å². The number of amides is 1. The average Bonchev–Trinajstić information content (AvgIpc) is 3.31. The van der Waals surface area contributed by atoms with Gasteiger partial charge in [-0.05, 0) is 49.1 Å². The van der Waals surface area contributed by atoms with Crippen molar-refractivity contribution >= 4 is 50.2 Å². The Hall–Kier alpha value is -2.85. The second-order valence-corrected chi connectivity index (χ2v) is 10.1. The van der Waals surface area contributed by atoms with Crippen molar-refractivity contribution in [2.75, 3.05) is 25.2 Å². The van der Waals surface area contributed by atoms with E-state index in [1.165, 1.54) is 12.1 Å². The molecule has 1 aliphatic heterocycles. The number of thioether (sulfide) groups is 1. The first-order valence-electron chi connectivity index (χ1n) is 10.3. The van der Waals surface area contributed by atoms with Gasteiger partial charge in [0.1, 0.15) is 18.2 Å². The number of carbonyl (C=O) groups excluding carboxylic acids is 1. The molecule has 0 radical (unpaired) electrons. The topological polar surface area (TPSA) is 96.7 Å². The molecule has 4 rings (SSSR count). The van der Waals surface area contributed by atoms with Crippen LogP contribution >= 0.6 is 11.8 Å². The van der Waals surface area contributed by atoms with Gasteiger partial charge in [-0.15, -0.1) is 4.40 Å². The normalized spacial score (nSPS) is 15.6. The molecule has 168 valence electrons. The summed E-state index contributed by atoms with van der Waals surface area (Å²) in [5.41, 5.74) is 2.29. The van der Waals surface area contributed by atoms with E-state index in [4.69, 9.17) is 0 Å². The van der Waals surface area contributed by atoms with Crippen LogP contribution in [-0.4, -0.2) is 54.5 Å². The summed E-state index contributed by atoms with van der Waals surface area (Å²) in [6, 6.07) is 13.8. The van der Waals surface area contributed by atoms with E-state index in [-0.39, 0.29) is 17.3 Å². The van der Waals surface area contributed by atoms with E-state index < -0.39 is 10.0 Å². The highest BCUT2D eigenvalue weighted by atomic mass is 32.2. The average molecular weight is 472 g/mol. The number of rotatable bonds is 7. The highest BCUT2D eigenvalue weighted by molar-refractivity contribution is 7.97. The maximum Gasteiger partial charge on any atom is 0.283 e. The Balaban J connectivity index is 1.48.